The van der Waals surface area contributed by atoms with Crippen LogP contribution >= 0.6 is 0 Å². The molecule has 0 spiro atoms. The van der Waals surface area contributed by atoms with E-state index in [-0.39, 0.29) is 12.6 Å². The number of nitrogens with zero attached hydrogens (tertiary/aromatic N) is 1. The summed E-state index contributed by atoms with van der Waals surface area (Å²) in [6.45, 7) is 4.01. The highest BCUT2D eigenvalue weighted by Crippen LogP contribution is 2.11. The number of anilines is 1. The average Bonchev–Trinajstić information content (AvgIpc) is 2.27. The van der Waals surface area contributed by atoms with Crippen LogP contribution in [0.4, 0.5) is 10.5 Å². The average molecular weight is 251 g/mol. The van der Waals surface area contributed by atoms with Gasteiger partial charge >= 0.3 is 6.03 Å². The van der Waals surface area contributed by atoms with Crippen molar-refractivity contribution in [2.45, 2.75) is 26.0 Å². The maximum atomic E-state index is 11.9. The third kappa shape index (κ3) is 4.73. The van der Waals surface area contributed by atoms with Gasteiger partial charge in [0.05, 0.1) is 12.1 Å². The number of urea groups is 1. The monoisotopic (exact) mass is 251 g/mol. The number of likely N-dealkylation sites (N-methyl/N-ethyl adjacent to an activating group) is 1. The predicted octanol–water partition coefficient (Wildman–Crippen LogP) is 1.38. The molecule has 0 atom stereocenters. The molecule has 5 nitrogen and oxygen atoms in total. The van der Waals surface area contributed by atoms with Gasteiger partial charge in [-0.25, -0.2) is 4.79 Å². The summed E-state index contributed by atoms with van der Waals surface area (Å²) in [6, 6.07) is 7.11. The molecule has 0 aliphatic rings. The molecule has 0 heterocycles. The molecule has 0 aliphatic carbocycles. The maximum Gasteiger partial charge on any atom is 0.321 e. The van der Waals surface area contributed by atoms with Gasteiger partial charge in [-0.1, -0.05) is 12.1 Å². The number of benzene rings is 1. The van der Waals surface area contributed by atoms with Gasteiger partial charge in [0.25, 0.3) is 0 Å². The van der Waals surface area contributed by atoms with Gasteiger partial charge in [0, 0.05) is 19.3 Å². The molecule has 0 aliphatic heterocycles. The van der Waals surface area contributed by atoms with Crippen molar-refractivity contribution in [3.8, 4) is 0 Å². The number of rotatable bonds is 4. The van der Waals surface area contributed by atoms with Gasteiger partial charge in [-0.05, 0) is 31.5 Å². The first-order valence-corrected chi connectivity index (χ1v) is 5.85. The van der Waals surface area contributed by atoms with E-state index in [0.717, 1.165) is 5.56 Å². The number of aliphatic hydroxyl groups is 1. The van der Waals surface area contributed by atoms with Crippen LogP contribution in [0.2, 0.25) is 0 Å². The topological polar surface area (TPSA) is 78.6 Å². The third-order valence-corrected chi connectivity index (χ3v) is 2.38. The fourth-order valence-corrected chi connectivity index (χ4v) is 1.65. The largest absolute Gasteiger partial charge is 0.389 e. The third-order valence-electron chi connectivity index (χ3n) is 2.38. The predicted molar refractivity (Wildman–Crippen MR) is 72.3 cm³/mol. The minimum absolute atomic E-state index is 0.258. The number of hydrogen-bond acceptors (Lipinski definition) is 3. The van der Waals surface area contributed by atoms with Crippen molar-refractivity contribution in [3.05, 3.63) is 29.8 Å². The molecule has 2 amide bonds. The second-order valence-corrected chi connectivity index (χ2v) is 5.00. The lowest BCUT2D eigenvalue weighted by atomic mass is 10.1. The van der Waals surface area contributed by atoms with Crippen molar-refractivity contribution in [1.29, 1.82) is 0 Å². The smallest absolute Gasteiger partial charge is 0.321 e. The van der Waals surface area contributed by atoms with E-state index in [2.05, 4.69) is 5.32 Å². The highest BCUT2D eigenvalue weighted by Gasteiger charge is 2.19. The molecule has 1 aromatic rings. The number of amides is 2. The Morgan fingerprint density at radius 2 is 2.17 bits per heavy atom. The van der Waals surface area contributed by atoms with Gasteiger partial charge < -0.3 is 21.1 Å². The Kier molecular flexibility index (Phi) is 4.69. The normalized spacial score (nSPS) is 11.2. The van der Waals surface area contributed by atoms with E-state index in [1.54, 1.807) is 27.0 Å². The molecule has 0 aromatic heterocycles. The second-order valence-electron chi connectivity index (χ2n) is 5.00. The maximum absolute atomic E-state index is 11.9. The van der Waals surface area contributed by atoms with Crippen LogP contribution in [0.25, 0.3) is 0 Å². The van der Waals surface area contributed by atoms with E-state index in [9.17, 15) is 9.90 Å². The molecule has 1 rings (SSSR count). The highest BCUT2D eigenvalue weighted by atomic mass is 16.3. The SMILES string of the molecule is CN(CC(C)(C)O)C(=O)Nc1cccc(CN)c1. The lowest BCUT2D eigenvalue weighted by molar-refractivity contribution is 0.0550. The summed E-state index contributed by atoms with van der Waals surface area (Å²) in [4.78, 5) is 13.3. The van der Waals surface area contributed by atoms with Gasteiger partial charge in [-0.2, -0.15) is 0 Å². The number of nitrogens with one attached hydrogen (secondary N) is 1. The van der Waals surface area contributed by atoms with Crippen LogP contribution in [-0.2, 0) is 6.54 Å². The van der Waals surface area contributed by atoms with E-state index in [1.807, 2.05) is 18.2 Å². The Hall–Kier alpha value is -1.59. The molecule has 0 fully saturated rings. The molecule has 0 radical (unpaired) electrons. The molecule has 5 heteroatoms. The van der Waals surface area contributed by atoms with Crippen LogP contribution in [0.5, 0.6) is 0 Å². The zero-order valence-corrected chi connectivity index (χ0v) is 11.1. The summed E-state index contributed by atoms with van der Waals surface area (Å²) in [5.41, 5.74) is 6.28. The minimum Gasteiger partial charge on any atom is -0.389 e. The summed E-state index contributed by atoms with van der Waals surface area (Å²) in [5, 5.41) is 12.4. The summed E-state index contributed by atoms with van der Waals surface area (Å²) in [7, 11) is 1.64. The number of carbonyl (C=O) groups excluding carboxylic acids is 1. The van der Waals surface area contributed by atoms with Crippen molar-refractivity contribution >= 4 is 11.7 Å². The lowest BCUT2D eigenvalue weighted by Crippen LogP contribution is -2.41. The first-order chi connectivity index (χ1) is 8.31. The first kappa shape index (κ1) is 14.5. The van der Waals surface area contributed by atoms with E-state index >= 15 is 0 Å². The first-order valence-electron chi connectivity index (χ1n) is 5.85. The van der Waals surface area contributed by atoms with Gasteiger partial charge in [-0.3, -0.25) is 0 Å². The zero-order chi connectivity index (χ0) is 13.8. The molecule has 0 saturated carbocycles. The van der Waals surface area contributed by atoms with Crippen molar-refractivity contribution in [3.63, 3.8) is 0 Å². The van der Waals surface area contributed by atoms with Crippen LogP contribution in [0.3, 0.4) is 0 Å². The molecular weight excluding hydrogens is 230 g/mol. The lowest BCUT2D eigenvalue weighted by Gasteiger charge is -2.25. The Morgan fingerprint density at radius 3 is 2.72 bits per heavy atom. The number of nitrogens with two attached hydrogens (primary N) is 1. The number of hydrogen-bond donors (Lipinski definition) is 3. The van der Waals surface area contributed by atoms with Crippen molar-refractivity contribution in [1.82, 2.24) is 4.90 Å². The van der Waals surface area contributed by atoms with Crippen LogP contribution in [0, 0.1) is 0 Å². The minimum atomic E-state index is -0.912. The van der Waals surface area contributed by atoms with E-state index in [1.165, 1.54) is 4.90 Å². The number of carbonyl (C=O) groups is 1. The van der Waals surface area contributed by atoms with E-state index in [0.29, 0.717) is 12.2 Å². The van der Waals surface area contributed by atoms with E-state index < -0.39 is 5.60 Å². The highest BCUT2D eigenvalue weighted by molar-refractivity contribution is 5.89. The van der Waals surface area contributed by atoms with Gasteiger partial charge in [0.1, 0.15) is 0 Å². The fraction of sp³-hybridized carbons (Fsp3) is 0.462. The van der Waals surface area contributed by atoms with Crippen LogP contribution in [0.1, 0.15) is 19.4 Å². The quantitative estimate of drug-likeness (QED) is 0.756. The molecule has 0 bridgehead atoms. The standard InChI is InChI=1S/C13H21N3O2/c1-13(2,18)9-16(3)12(17)15-11-6-4-5-10(7-11)8-14/h4-7,18H,8-9,14H2,1-3H3,(H,15,17). The molecule has 0 saturated heterocycles. The molecule has 18 heavy (non-hydrogen) atoms. The Morgan fingerprint density at radius 1 is 1.50 bits per heavy atom. The molecule has 100 valence electrons. The van der Waals surface area contributed by atoms with Gasteiger partial charge in [0.2, 0.25) is 0 Å². The Bertz CT molecular complexity index is 413. The Labute approximate surface area is 108 Å². The summed E-state index contributed by atoms with van der Waals surface area (Å²) < 4.78 is 0. The second kappa shape index (κ2) is 5.84. The van der Waals surface area contributed by atoms with Crippen LogP contribution < -0.4 is 11.1 Å². The van der Waals surface area contributed by atoms with Crippen LogP contribution in [0.15, 0.2) is 24.3 Å². The molecule has 0 unspecified atom stereocenters. The van der Waals surface area contributed by atoms with Crippen molar-refractivity contribution in [2.75, 3.05) is 18.9 Å². The van der Waals surface area contributed by atoms with Crippen LogP contribution in [-0.4, -0.2) is 35.2 Å². The molecule has 4 N–H and O–H groups in total. The van der Waals surface area contributed by atoms with Gasteiger partial charge in [-0.15, -0.1) is 0 Å². The van der Waals surface area contributed by atoms with E-state index in [4.69, 9.17) is 5.73 Å². The molecule has 1 aromatic carbocycles. The summed E-state index contributed by atoms with van der Waals surface area (Å²) >= 11 is 0. The summed E-state index contributed by atoms with van der Waals surface area (Å²) in [6.07, 6.45) is 0. The van der Waals surface area contributed by atoms with Crippen molar-refractivity contribution < 1.29 is 9.90 Å². The fourth-order valence-electron chi connectivity index (χ4n) is 1.65. The van der Waals surface area contributed by atoms with Gasteiger partial charge in [0.15, 0.2) is 0 Å². The molecular formula is C13H21N3O2. The Balaban J connectivity index is 2.63. The van der Waals surface area contributed by atoms with Crippen molar-refractivity contribution in [2.24, 2.45) is 5.73 Å². The summed E-state index contributed by atoms with van der Waals surface area (Å²) in [5.74, 6) is 0. The zero-order valence-electron chi connectivity index (χ0n) is 11.1.